The number of alkyl halides is 3. The van der Waals surface area contributed by atoms with Crippen LogP contribution in [-0.4, -0.2) is 91.2 Å². The van der Waals surface area contributed by atoms with Crippen molar-refractivity contribution in [3.05, 3.63) is 29.3 Å². The second-order valence-electron chi connectivity index (χ2n) is 7.92. The number of amides is 4. The second kappa shape index (κ2) is 10.3. The number of fused-ring (bicyclic) bond motifs is 1. The van der Waals surface area contributed by atoms with E-state index in [1.165, 1.54) is 0 Å². The Morgan fingerprint density at radius 2 is 1.71 bits per heavy atom. The first kappa shape index (κ1) is 25.3. The standard InChI is InChI=1S/C19H23N5O4.C2HF3O/c20-6-7-22-8-10-23(11-9-22)13-3-1-2-12-16(13)19(28)24(18(12)27)14-4-5-15(25)21-17(14)26;3-2(4,5)1-6/h1-3,14H,4-11,20H2,(H,21,25,26);1H. The smallest absolute Gasteiger partial charge is 0.368 e. The summed E-state index contributed by atoms with van der Waals surface area (Å²) in [5, 5.41) is 2.22. The predicted octanol–water partition coefficient (Wildman–Crippen LogP) is -0.0839. The third kappa shape index (κ3) is 5.42. The molecular weight excluding hydrogens is 459 g/mol. The minimum Gasteiger partial charge on any atom is -0.368 e. The normalized spacial score (nSPS) is 21.1. The van der Waals surface area contributed by atoms with Gasteiger partial charge >= 0.3 is 6.18 Å². The first-order chi connectivity index (χ1) is 16.1. The van der Waals surface area contributed by atoms with E-state index in [0.29, 0.717) is 17.7 Å². The highest BCUT2D eigenvalue weighted by Gasteiger charge is 2.46. The van der Waals surface area contributed by atoms with Crippen molar-refractivity contribution in [2.45, 2.75) is 25.1 Å². The third-order valence-corrected chi connectivity index (χ3v) is 5.74. The highest BCUT2D eigenvalue weighted by atomic mass is 19.4. The summed E-state index contributed by atoms with van der Waals surface area (Å²) in [4.78, 5) is 63.8. The van der Waals surface area contributed by atoms with Gasteiger partial charge in [-0.15, -0.1) is 0 Å². The van der Waals surface area contributed by atoms with Gasteiger partial charge in [-0.3, -0.25) is 39.1 Å². The van der Waals surface area contributed by atoms with Crippen molar-refractivity contribution in [3.8, 4) is 0 Å². The lowest BCUT2D eigenvalue weighted by Gasteiger charge is -2.36. The highest BCUT2D eigenvalue weighted by Crippen LogP contribution is 2.34. The van der Waals surface area contributed by atoms with E-state index in [2.05, 4.69) is 15.1 Å². The van der Waals surface area contributed by atoms with Crippen LogP contribution in [0.3, 0.4) is 0 Å². The van der Waals surface area contributed by atoms with Crippen LogP contribution >= 0.6 is 0 Å². The molecule has 1 aromatic rings. The Morgan fingerprint density at radius 1 is 1.06 bits per heavy atom. The van der Waals surface area contributed by atoms with E-state index in [-0.39, 0.29) is 18.7 Å². The molecule has 1 aromatic carbocycles. The summed E-state index contributed by atoms with van der Waals surface area (Å²) < 4.78 is 31.2. The van der Waals surface area contributed by atoms with Crippen LogP contribution in [0.25, 0.3) is 0 Å². The Morgan fingerprint density at radius 3 is 2.26 bits per heavy atom. The fourth-order valence-corrected chi connectivity index (χ4v) is 4.16. The topological polar surface area (TPSA) is 133 Å². The Kier molecular flexibility index (Phi) is 7.67. The van der Waals surface area contributed by atoms with Crippen LogP contribution < -0.4 is 16.0 Å². The minimum absolute atomic E-state index is 0.111. The van der Waals surface area contributed by atoms with Gasteiger partial charge in [0.05, 0.1) is 16.8 Å². The van der Waals surface area contributed by atoms with Crippen LogP contribution in [0.5, 0.6) is 0 Å². The van der Waals surface area contributed by atoms with Crippen molar-refractivity contribution < 1.29 is 37.1 Å². The molecule has 1 atom stereocenters. The molecule has 2 saturated heterocycles. The molecule has 4 rings (SSSR count). The number of hydrogen-bond acceptors (Lipinski definition) is 8. The summed E-state index contributed by atoms with van der Waals surface area (Å²) in [5.74, 6) is -1.91. The van der Waals surface area contributed by atoms with Gasteiger partial charge in [-0.2, -0.15) is 13.2 Å². The quantitative estimate of drug-likeness (QED) is 0.449. The summed E-state index contributed by atoms with van der Waals surface area (Å²) in [6.45, 7) is 4.57. The molecule has 3 aliphatic heterocycles. The highest BCUT2D eigenvalue weighted by molar-refractivity contribution is 6.25. The van der Waals surface area contributed by atoms with Crippen molar-refractivity contribution in [1.82, 2.24) is 15.1 Å². The number of aldehydes is 1. The molecule has 34 heavy (non-hydrogen) atoms. The Bertz CT molecular complexity index is 992. The number of nitrogens with one attached hydrogen (secondary N) is 1. The number of benzene rings is 1. The summed E-state index contributed by atoms with van der Waals surface area (Å²) in [6.07, 6.45) is -5.43. The van der Waals surface area contributed by atoms with E-state index in [1.54, 1.807) is 12.1 Å². The zero-order valence-corrected chi connectivity index (χ0v) is 18.1. The van der Waals surface area contributed by atoms with E-state index < -0.39 is 36.2 Å². The van der Waals surface area contributed by atoms with Gasteiger partial charge in [0, 0.05) is 45.7 Å². The molecule has 3 heterocycles. The SMILES string of the molecule is NCCN1CCN(c2cccc3c2C(=O)N(C2CCC(=O)NC2=O)C3=O)CC1.O=CC(F)(F)F. The van der Waals surface area contributed by atoms with E-state index in [0.717, 1.165) is 43.3 Å². The number of halogens is 3. The lowest BCUT2D eigenvalue weighted by molar-refractivity contribution is -0.156. The molecule has 0 saturated carbocycles. The van der Waals surface area contributed by atoms with Gasteiger partial charge in [0.15, 0.2) is 0 Å². The van der Waals surface area contributed by atoms with Gasteiger partial charge < -0.3 is 10.6 Å². The maximum Gasteiger partial charge on any atom is 0.446 e. The van der Waals surface area contributed by atoms with Crippen molar-refractivity contribution in [1.29, 1.82) is 0 Å². The second-order valence-corrected chi connectivity index (χ2v) is 7.92. The van der Waals surface area contributed by atoms with Gasteiger partial charge in [0.1, 0.15) is 6.04 Å². The van der Waals surface area contributed by atoms with E-state index in [9.17, 15) is 32.3 Å². The number of piperidine rings is 1. The molecule has 3 aliphatic rings. The van der Waals surface area contributed by atoms with Crippen molar-refractivity contribution in [2.75, 3.05) is 44.2 Å². The monoisotopic (exact) mass is 483 g/mol. The lowest BCUT2D eigenvalue weighted by Crippen LogP contribution is -2.54. The van der Waals surface area contributed by atoms with E-state index in [1.807, 2.05) is 6.07 Å². The number of piperazine rings is 1. The number of nitrogens with zero attached hydrogens (tertiary/aromatic N) is 3. The predicted molar refractivity (Wildman–Crippen MR) is 113 cm³/mol. The van der Waals surface area contributed by atoms with Crippen LogP contribution in [0.2, 0.25) is 0 Å². The summed E-state index contributed by atoms with van der Waals surface area (Å²) in [6, 6.07) is 4.28. The summed E-state index contributed by atoms with van der Waals surface area (Å²) in [7, 11) is 0. The number of carbonyl (C=O) groups is 5. The fraction of sp³-hybridized carbons (Fsp3) is 0.476. The Hall–Kier alpha value is -3.32. The molecule has 0 spiro atoms. The number of hydrogen-bond donors (Lipinski definition) is 2. The lowest BCUT2D eigenvalue weighted by atomic mass is 10.0. The largest absolute Gasteiger partial charge is 0.446 e. The number of rotatable bonds is 4. The molecule has 13 heteroatoms. The zero-order chi connectivity index (χ0) is 25.0. The van der Waals surface area contributed by atoms with Gasteiger partial charge in [-0.25, -0.2) is 0 Å². The molecule has 184 valence electrons. The molecule has 2 fully saturated rings. The number of carbonyl (C=O) groups excluding carboxylic acids is 5. The van der Waals surface area contributed by atoms with E-state index in [4.69, 9.17) is 10.5 Å². The first-order valence-electron chi connectivity index (χ1n) is 10.6. The Balaban J connectivity index is 0.000000481. The molecule has 3 N–H and O–H groups in total. The van der Waals surface area contributed by atoms with Crippen LogP contribution in [-0.2, 0) is 14.4 Å². The number of imide groups is 2. The Labute approximate surface area is 192 Å². The van der Waals surface area contributed by atoms with E-state index >= 15 is 0 Å². The number of anilines is 1. The summed E-state index contributed by atoms with van der Waals surface area (Å²) >= 11 is 0. The molecule has 0 aliphatic carbocycles. The average Bonchev–Trinajstić information content (AvgIpc) is 3.05. The van der Waals surface area contributed by atoms with Crippen molar-refractivity contribution in [2.24, 2.45) is 5.73 Å². The molecule has 1 unspecified atom stereocenters. The fourth-order valence-electron chi connectivity index (χ4n) is 4.16. The van der Waals surface area contributed by atoms with Gasteiger partial charge in [0.2, 0.25) is 18.1 Å². The van der Waals surface area contributed by atoms with Gasteiger partial charge in [0.25, 0.3) is 11.8 Å². The third-order valence-electron chi connectivity index (χ3n) is 5.74. The van der Waals surface area contributed by atoms with Crippen molar-refractivity contribution in [3.63, 3.8) is 0 Å². The zero-order valence-electron chi connectivity index (χ0n) is 18.1. The van der Waals surface area contributed by atoms with Crippen LogP contribution in [0.15, 0.2) is 18.2 Å². The molecule has 10 nitrogen and oxygen atoms in total. The van der Waals surface area contributed by atoms with Crippen molar-refractivity contribution >= 4 is 35.6 Å². The summed E-state index contributed by atoms with van der Waals surface area (Å²) in [5.41, 5.74) is 7.01. The van der Waals surface area contributed by atoms with Crippen LogP contribution in [0, 0.1) is 0 Å². The maximum absolute atomic E-state index is 13.2. The van der Waals surface area contributed by atoms with Crippen LogP contribution in [0.1, 0.15) is 33.6 Å². The number of nitrogens with two attached hydrogens (primary N) is 1. The van der Waals surface area contributed by atoms with Gasteiger partial charge in [-0.1, -0.05) is 6.07 Å². The molecular formula is C21H24F3N5O5. The van der Waals surface area contributed by atoms with Crippen LogP contribution in [0.4, 0.5) is 18.9 Å². The minimum atomic E-state index is -4.64. The molecule has 4 amide bonds. The average molecular weight is 483 g/mol. The van der Waals surface area contributed by atoms with Gasteiger partial charge in [-0.05, 0) is 18.6 Å². The molecule has 0 aromatic heterocycles. The molecule has 0 bridgehead atoms. The first-order valence-corrected chi connectivity index (χ1v) is 10.6. The maximum atomic E-state index is 13.2. The molecule has 0 radical (unpaired) electrons.